The first kappa shape index (κ1) is 34.3. The number of aryl methyl sites for hydroxylation is 2. The van der Waals surface area contributed by atoms with Crippen LogP contribution in [0.4, 0.5) is 0 Å². The molecule has 0 saturated carbocycles. The third kappa shape index (κ3) is 4.95. The van der Waals surface area contributed by atoms with E-state index < -0.39 is 40.1 Å². The Hall–Kier alpha value is -5.54. The lowest BCUT2D eigenvalue weighted by Gasteiger charge is -2.28. The number of benzene rings is 4. The van der Waals surface area contributed by atoms with Crippen molar-refractivity contribution in [2.75, 3.05) is 0 Å². The molecule has 0 atom stereocenters. The number of aliphatic hydroxyl groups excluding tert-OH is 1. The van der Waals surface area contributed by atoms with E-state index in [9.17, 15) is 39.9 Å². The van der Waals surface area contributed by atoms with Crippen LogP contribution in [0.1, 0.15) is 82.9 Å². The Balaban J connectivity index is 1.75. The predicted octanol–water partition coefficient (Wildman–Crippen LogP) is 9.00. The normalized spacial score (nSPS) is 14.1. The van der Waals surface area contributed by atoms with Crippen molar-refractivity contribution in [3.8, 4) is 34.1 Å². The van der Waals surface area contributed by atoms with E-state index in [-0.39, 0.29) is 72.2 Å². The maximum absolute atomic E-state index is 14.0. The van der Waals surface area contributed by atoms with E-state index in [0.717, 1.165) is 11.6 Å². The Morgan fingerprint density at radius 2 is 1.38 bits per heavy atom. The van der Waals surface area contributed by atoms with Gasteiger partial charge in [0.05, 0.1) is 10.9 Å². The van der Waals surface area contributed by atoms with Crippen molar-refractivity contribution in [2.24, 2.45) is 5.92 Å². The zero-order valence-corrected chi connectivity index (χ0v) is 29.2. The van der Waals surface area contributed by atoms with Crippen molar-refractivity contribution >= 4 is 62.6 Å². The standard InChI is InChI=1S/C40H35ClO9/c1-15(2)28-19(7)34(43)26(14-42)33-22(28)10-17(5)31(38(33)47)30-18(6)11-23-29(16(3)4)39(48)36(45)24(32(23)37(30)46)13-25-35(44)21-12-20(41)8-9-27(21)50-40(25)49/h8-16,43-44,46-48H,1-7H3/b24-13-. The number of phenolic OH excluding ortho intramolecular Hbond substituents is 3. The molecule has 1 heterocycles. The number of aromatic hydroxyl groups is 4. The molecule has 6 rings (SSSR count). The van der Waals surface area contributed by atoms with Crippen LogP contribution >= 0.6 is 11.6 Å². The largest absolute Gasteiger partial charge is 0.507 e. The number of ketones is 1. The Bertz CT molecular complexity index is 2480. The van der Waals surface area contributed by atoms with E-state index in [1.165, 1.54) is 18.2 Å². The molecule has 50 heavy (non-hydrogen) atoms. The molecule has 9 nitrogen and oxygen atoms in total. The second-order valence-electron chi connectivity index (χ2n) is 13.3. The van der Waals surface area contributed by atoms with Crippen molar-refractivity contribution in [1.82, 2.24) is 0 Å². The highest BCUT2D eigenvalue weighted by molar-refractivity contribution is 6.37. The summed E-state index contributed by atoms with van der Waals surface area (Å²) in [5, 5.41) is 58.8. The maximum Gasteiger partial charge on any atom is 0.347 e. The number of halogens is 1. The summed E-state index contributed by atoms with van der Waals surface area (Å²) < 4.78 is 5.41. The van der Waals surface area contributed by atoms with Crippen LogP contribution < -0.4 is 5.63 Å². The fraction of sp³-hybridized carbons (Fsp3) is 0.225. The number of phenols is 3. The Morgan fingerprint density at radius 3 is 2.00 bits per heavy atom. The quantitative estimate of drug-likeness (QED) is 0.0685. The van der Waals surface area contributed by atoms with Crippen molar-refractivity contribution in [1.29, 1.82) is 0 Å². The SMILES string of the molecule is Cc1cc2c(c(O)c1-c1c(C)cc3c(C(C)C)c(C)c(O)c(C=O)c3c1O)/C(=C/c1c(O)c3cc(Cl)ccc3oc1=O)C(=O)C(O)=C2C(C)C. The summed E-state index contributed by atoms with van der Waals surface area (Å²) in [6, 6.07) is 7.74. The molecule has 5 N–H and O–H groups in total. The molecule has 5 aromatic rings. The zero-order chi connectivity index (χ0) is 36.7. The Morgan fingerprint density at radius 1 is 0.740 bits per heavy atom. The van der Waals surface area contributed by atoms with Gasteiger partial charge in [-0.1, -0.05) is 51.4 Å². The van der Waals surface area contributed by atoms with Gasteiger partial charge in [0.15, 0.2) is 12.0 Å². The van der Waals surface area contributed by atoms with E-state index in [4.69, 9.17) is 16.0 Å². The maximum atomic E-state index is 14.0. The first-order chi connectivity index (χ1) is 23.5. The summed E-state index contributed by atoms with van der Waals surface area (Å²) in [4.78, 5) is 39.5. The van der Waals surface area contributed by atoms with Crippen LogP contribution in [0.2, 0.25) is 5.02 Å². The van der Waals surface area contributed by atoms with Gasteiger partial charge in [-0.05, 0) is 90.1 Å². The van der Waals surface area contributed by atoms with Gasteiger partial charge in [0.25, 0.3) is 0 Å². The number of aliphatic hydroxyl groups is 1. The lowest BCUT2D eigenvalue weighted by atomic mass is 9.76. The van der Waals surface area contributed by atoms with Gasteiger partial charge in [0.2, 0.25) is 5.78 Å². The molecule has 0 amide bonds. The molecule has 0 spiro atoms. The van der Waals surface area contributed by atoms with Crippen LogP contribution in [0.15, 0.2) is 45.3 Å². The van der Waals surface area contributed by atoms with Gasteiger partial charge >= 0.3 is 5.63 Å². The van der Waals surface area contributed by atoms with Gasteiger partial charge in [0.1, 0.15) is 34.1 Å². The fourth-order valence-electron chi connectivity index (χ4n) is 7.37. The number of carbonyl (C=O) groups is 2. The number of hydrogen-bond donors (Lipinski definition) is 5. The molecular weight excluding hydrogens is 660 g/mol. The molecule has 256 valence electrons. The number of aldehydes is 1. The van der Waals surface area contributed by atoms with Gasteiger partial charge in [-0.3, -0.25) is 9.59 Å². The lowest BCUT2D eigenvalue weighted by Crippen LogP contribution is -2.19. The highest BCUT2D eigenvalue weighted by Gasteiger charge is 2.36. The van der Waals surface area contributed by atoms with Crippen LogP contribution in [-0.4, -0.2) is 37.6 Å². The molecule has 1 aromatic heterocycles. The Labute approximate surface area is 292 Å². The molecular formula is C40H35ClO9. The highest BCUT2D eigenvalue weighted by Crippen LogP contribution is 2.53. The third-order valence-electron chi connectivity index (χ3n) is 9.53. The molecule has 1 aliphatic rings. The number of allylic oxidation sites excluding steroid dienone is 2. The summed E-state index contributed by atoms with van der Waals surface area (Å²) in [7, 11) is 0. The average Bonchev–Trinajstić information content (AvgIpc) is 3.03. The molecule has 0 bridgehead atoms. The van der Waals surface area contributed by atoms with Gasteiger partial charge in [-0.25, -0.2) is 4.79 Å². The van der Waals surface area contributed by atoms with E-state index >= 15 is 0 Å². The molecule has 1 aliphatic carbocycles. The smallest absolute Gasteiger partial charge is 0.347 e. The van der Waals surface area contributed by atoms with E-state index in [1.807, 2.05) is 13.8 Å². The first-order valence-electron chi connectivity index (χ1n) is 16.0. The molecule has 10 heteroatoms. The van der Waals surface area contributed by atoms with Gasteiger partial charge in [0, 0.05) is 38.2 Å². The lowest BCUT2D eigenvalue weighted by molar-refractivity contribution is -0.112. The topological polar surface area (TPSA) is 166 Å². The minimum atomic E-state index is -0.982. The van der Waals surface area contributed by atoms with E-state index in [0.29, 0.717) is 33.9 Å². The minimum absolute atomic E-state index is 0.0498. The number of Topliss-reactive ketones (excluding diaryl/α,β-unsaturated/α-hetero) is 1. The predicted molar refractivity (Wildman–Crippen MR) is 194 cm³/mol. The molecule has 0 aliphatic heterocycles. The molecule has 4 aromatic carbocycles. The summed E-state index contributed by atoms with van der Waals surface area (Å²) in [6.07, 6.45) is 1.53. The van der Waals surface area contributed by atoms with E-state index in [1.54, 1.807) is 46.8 Å². The Kier molecular flexibility index (Phi) is 8.31. The van der Waals surface area contributed by atoms with Gasteiger partial charge in [-0.2, -0.15) is 0 Å². The second kappa shape index (κ2) is 12.1. The monoisotopic (exact) mass is 694 g/mol. The number of rotatable bonds is 5. The summed E-state index contributed by atoms with van der Waals surface area (Å²) in [5.74, 6) is -3.59. The molecule has 0 radical (unpaired) electrons. The number of hydrogen-bond acceptors (Lipinski definition) is 9. The van der Waals surface area contributed by atoms with Crippen molar-refractivity contribution in [3.05, 3.63) is 96.0 Å². The van der Waals surface area contributed by atoms with Crippen LogP contribution in [0.5, 0.6) is 23.0 Å². The van der Waals surface area contributed by atoms with Gasteiger partial charge < -0.3 is 29.9 Å². The number of carbonyl (C=O) groups excluding carboxylic acids is 2. The molecule has 0 unspecified atom stereocenters. The van der Waals surface area contributed by atoms with Crippen LogP contribution in [0, 0.1) is 26.7 Å². The zero-order valence-electron chi connectivity index (χ0n) is 28.4. The van der Waals surface area contributed by atoms with Crippen molar-refractivity contribution in [3.63, 3.8) is 0 Å². The number of fused-ring (bicyclic) bond motifs is 3. The minimum Gasteiger partial charge on any atom is -0.507 e. The molecule has 0 fully saturated rings. The van der Waals surface area contributed by atoms with Crippen LogP contribution in [0.3, 0.4) is 0 Å². The van der Waals surface area contributed by atoms with Crippen molar-refractivity contribution in [2.45, 2.75) is 54.4 Å². The fourth-order valence-corrected chi connectivity index (χ4v) is 7.54. The summed E-state index contributed by atoms with van der Waals surface area (Å²) in [6.45, 7) is 12.5. The third-order valence-corrected chi connectivity index (χ3v) is 9.77. The highest BCUT2D eigenvalue weighted by atomic mass is 35.5. The van der Waals surface area contributed by atoms with Gasteiger partial charge in [-0.15, -0.1) is 0 Å². The summed E-state index contributed by atoms with van der Waals surface area (Å²) in [5.41, 5.74) is 1.24. The summed E-state index contributed by atoms with van der Waals surface area (Å²) >= 11 is 6.14. The van der Waals surface area contributed by atoms with Crippen molar-refractivity contribution < 1.29 is 39.5 Å². The first-order valence-corrected chi connectivity index (χ1v) is 16.4. The second-order valence-corrected chi connectivity index (χ2v) is 13.8. The molecule has 0 saturated heterocycles. The van der Waals surface area contributed by atoms with E-state index in [2.05, 4.69) is 0 Å². The van der Waals surface area contributed by atoms with Crippen LogP contribution in [0.25, 0.3) is 50.1 Å². The van der Waals surface area contributed by atoms with Crippen LogP contribution in [-0.2, 0) is 4.79 Å². The average molecular weight is 695 g/mol.